The Morgan fingerprint density at radius 2 is 1.59 bits per heavy atom. The molecule has 1 aliphatic heterocycles. The van der Waals surface area contributed by atoms with E-state index >= 15 is 0 Å². The van der Waals surface area contributed by atoms with Gasteiger partial charge in [-0.25, -0.2) is 0 Å². The number of benzene rings is 1. The molecule has 0 spiro atoms. The van der Waals surface area contributed by atoms with E-state index in [0.717, 1.165) is 0 Å². The van der Waals surface area contributed by atoms with Gasteiger partial charge in [0.1, 0.15) is 24.4 Å². The average molecular weight is 312 g/mol. The zero-order valence-corrected chi connectivity index (χ0v) is 11.3. The molecule has 1 heterocycles. The van der Waals surface area contributed by atoms with Gasteiger partial charge in [0.25, 0.3) is 0 Å². The third kappa shape index (κ3) is 2.45. The summed E-state index contributed by atoms with van der Waals surface area (Å²) < 4.78 is 5.08. The summed E-state index contributed by atoms with van der Waals surface area (Å²) in [5, 5.41) is 50.2. The third-order valence-corrected chi connectivity index (χ3v) is 3.71. The molecule has 1 fully saturated rings. The number of hydrogen-bond donors (Lipinski definition) is 5. The molecular weight excluding hydrogens is 296 g/mol. The van der Waals surface area contributed by atoms with Gasteiger partial charge in [0.2, 0.25) is 11.4 Å². The molecule has 0 bridgehead atoms. The summed E-state index contributed by atoms with van der Waals surface area (Å²) in [6.07, 6.45) is -8.22. The number of ether oxygens (including phenoxy) is 1. The molecular formula is C14H16O8. The van der Waals surface area contributed by atoms with E-state index in [0.29, 0.717) is 0 Å². The summed E-state index contributed by atoms with van der Waals surface area (Å²) in [6, 6.07) is 7.39. The minimum absolute atomic E-state index is 0.0117. The first-order chi connectivity index (χ1) is 10.3. The fourth-order valence-corrected chi connectivity index (χ4v) is 2.38. The molecule has 2 rings (SSSR count). The molecule has 1 aromatic carbocycles. The normalized spacial score (nSPS) is 35.9. The van der Waals surface area contributed by atoms with Crippen LogP contribution in [0.3, 0.4) is 0 Å². The van der Waals surface area contributed by atoms with Crippen LogP contribution in [0.15, 0.2) is 30.3 Å². The topological polar surface area (TPSA) is 145 Å². The van der Waals surface area contributed by atoms with Crippen molar-refractivity contribution in [3.63, 3.8) is 0 Å². The summed E-state index contributed by atoms with van der Waals surface area (Å²) in [7, 11) is 0. The number of aldehydes is 2. The average Bonchev–Trinajstić information content (AvgIpc) is 2.56. The second-order valence-electron chi connectivity index (χ2n) is 5.15. The highest BCUT2D eigenvalue weighted by Gasteiger charge is 2.59. The molecule has 1 aromatic rings. The Bertz CT molecular complexity index is 539. The number of rotatable bonds is 4. The van der Waals surface area contributed by atoms with Crippen LogP contribution in [0.25, 0.3) is 0 Å². The van der Waals surface area contributed by atoms with Crippen LogP contribution < -0.4 is 0 Å². The molecule has 5 atom stereocenters. The van der Waals surface area contributed by atoms with Gasteiger partial charge in [-0.15, -0.1) is 0 Å². The van der Waals surface area contributed by atoms with E-state index in [-0.39, 0.29) is 18.1 Å². The molecule has 22 heavy (non-hydrogen) atoms. The Morgan fingerprint density at radius 1 is 1.05 bits per heavy atom. The first-order valence-corrected chi connectivity index (χ1v) is 6.45. The maximum Gasteiger partial charge on any atom is 0.222 e. The molecule has 5 N–H and O–H groups in total. The molecule has 8 heteroatoms. The number of hydrogen-bond acceptors (Lipinski definition) is 8. The van der Waals surface area contributed by atoms with Crippen molar-refractivity contribution in [2.75, 3.05) is 0 Å². The number of aliphatic hydroxyl groups excluding tert-OH is 3. The van der Waals surface area contributed by atoms with Crippen LogP contribution in [0.1, 0.15) is 5.56 Å². The molecule has 120 valence electrons. The predicted octanol–water partition coefficient (Wildman–Crippen LogP) is -2.56. The van der Waals surface area contributed by atoms with Crippen molar-refractivity contribution in [2.24, 2.45) is 0 Å². The quantitative estimate of drug-likeness (QED) is 0.302. The van der Waals surface area contributed by atoms with Crippen molar-refractivity contribution in [1.82, 2.24) is 0 Å². The van der Waals surface area contributed by atoms with Gasteiger partial charge in [-0.1, -0.05) is 30.3 Å². The standard InChI is InChI=1S/C14H16O8/c15-6-13(20,7-16)12-10(18)9(17)11(19)14(21,22-12)8-4-2-1-3-5-8/h1-7,9-12,17-21H/t9-,10-,11+,12-,14+/m0/s1. The maximum atomic E-state index is 10.9. The molecule has 0 saturated carbocycles. The Kier molecular flexibility index (Phi) is 4.43. The molecule has 1 aliphatic rings. The van der Waals surface area contributed by atoms with Crippen LogP contribution in [0.4, 0.5) is 0 Å². The maximum absolute atomic E-state index is 10.9. The van der Waals surface area contributed by atoms with Gasteiger partial charge in [-0.3, -0.25) is 9.59 Å². The zero-order valence-electron chi connectivity index (χ0n) is 11.3. The van der Waals surface area contributed by atoms with Crippen LogP contribution in [0, 0.1) is 0 Å². The van der Waals surface area contributed by atoms with Gasteiger partial charge in [0.05, 0.1) is 0 Å². The van der Waals surface area contributed by atoms with E-state index < -0.39 is 35.8 Å². The lowest BCUT2D eigenvalue weighted by Crippen LogP contribution is -2.69. The first-order valence-electron chi connectivity index (χ1n) is 6.45. The summed E-state index contributed by atoms with van der Waals surface area (Å²) in [4.78, 5) is 21.9. The minimum Gasteiger partial charge on any atom is -0.387 e. The van der Waals surface area contributed by atoms with Crippen LogP contribution in [-0.2, 0) is 20.1 Å². The van der Waals surface area contributed by atoms with Crippen molar-refractivity contribution < 1.29 is 39.9 Å². The molecule has 1 saturated heterocycles. The zero-order chi connectivity index (χ0) is 16.5. The third-order valence-electron chi connectivity index (χ3n) is 3.71. The fourth-order valence-electron chi connectivity index (χ4n) is 2.38. The first kappa shape index (κ1) is 16.7. The van der Waals surface area contributed by atoms with E-state index in [9.17, 15) is 35.1 Å². The number of carbonyl (C=O) groups is 2. The highest BCUT2D eigenvalue weighted by Crippen LogP contribution is 2.38. The van der Waals surface area contributed by atoms with E-state index in [1.54, 1.807) is 6.07 Å². The Hall–Kier alpha value is -1.68. The van der Waals surface area contributed by atoms with Crippen molar-refractivity contribution in [2.45, 2.75) is 35.8 Å². The minimum atomic E-state index is -2.79. The molecule has 0 amide bonds. The van der Waals surface area contributed by atoms with Crippen LogP contribution in [0.2, 0.25) is 0 Å². The largest absolute Gasteiger partial charge is 0.387 e. The molecule has 0 aliphatic carbocycles. The molecule has 0 aromatic heterocycles. The number of carbonyl (C=O) groups excluding carboxylic acids is 2. The lowest BCUT2D eigenvalue weighted by atomic mass is 9.83. The second-order valence-corrected chi connectivity index (χ2v) is 5.15. The highest BCUT2D eigenvalue weighted by atomic mass is 16.7. The highest BCUT2D eigenvalue weighted by molar-refractivity contribution is 5.88. The van der Waals surface area contributed by atoms with E-state index in [2.05, 4.69) is 0 Å². The summed E-state index contributed by atoms with van der Waals surface area (Å²) in [5.74, 6) is -2.52. The number of aliphatic hydroxyl groups is 5. The van der Waals surface area contributed by atoms with Crippen molar-refractivity contribution >= 4 is 12.6 Å². The lowest BCUT2D eigenvalue weighted by molar-refractivity contribution is -0.367. The smallest absolute Gasteiger partial charge is 0.222 e. The monoisotopic (exact) mass is 312 g/mol. The van der Waals surface area contributed by atoms with Crippen LogP contribution >= 0.6 is 0 Å². The van der Waals surface area contributed by atoms with E-state index in [1.165, 1.54) is 24.3 Å². The van der Waals surface area contributed by atoms with Crippen molar-refractivity contribution in [3.05, 3.63) is 35.9 Å². The van der Waals surface area contributed by atoms with Gasteiger partial charge in [0.15, 0.2) is 12.6 Å². The van der Waals surface area contributed by atoms with Crippen molar-refractivity contribution in [3.8, 4) is 0 Å². The van der Waals surface area contributed by atoms with E-state index in [1.807, 2.05) is 0 Å². The lowest BCUT2D eigenvalue weighted by Gasteiger charge is -2.48. The molecule has 0 unspecified atom stereocenters. The Labute approximate surface area is 125 Å². The molecule has 0 radical (unpaired) electrons. The van der Waals surface area contributed by atoms with Gasteiger partial charge in [-0.05, 0) is 0 Å². The van der Waals surface area contributed by atoms with E-state index in [4.69, 9.17) is 4.74 Å². The predicted molar refractivity (Wildman–Crippen MR) is 70.3 cm³/mol. The fraction of sp³-hybridized carbons (Fsp3) is 0.429. The van der Waals surface area contributed by atoms with Gasteiger partial charge in [-0.2, -0.15) is 0 Å². The molecule has 8 nitrogen and oxygen atoms in total. The van der Waals surface area contributed by atoms with Gasteiger partial charge < -0.3 is 30.3 Å². The second kappa shape index (κ2) is 5.84. The van der Waals surface area contributed by atoms with Crippen molar-refractivity contribution in [1.29, 1.82) is 0 Å². The SMILES string of the molecule is O=CC(O)(C=O)[C@H]1O[C@](O)(c2ccccc2)[C@H](O)[C@@H](O)[C@@H]1O. The summed E-state index contributed by atoms with van der Waals surface area (Å²) in [6.45, 7) is 0. The van der Waals surface area contributed by atoms with Gasteiger partial charge in [0, 0.05) is 5.56 Å². The van der Waals surface area contributed by atoms with Crippen LogP contribution in [-0.4, -0.2) is 68.1 Å². The van der Waals surface area contributed by atoms with Gasteiger partial charge >= 0.3 is 0 Å². The van der Waals surface area contributed by atoms with Crippen LogP contribution in [0.5, 0.6) is 0 Å². The summed E-state index contributed by atoms with van der Waals surface area (Å²) in [5.41, 5.74) is -2.78. The Morgan fingerprint density at radius 3 is 2.09 bits per heavy atom. The summed E-state index contributed by atoms with van der Waals surface area (Å²) >= 11 is 0. The Balaban J connectivity index is 2.49.